The van der Waals surface area contributed by atoms with Crippen molar-refractivity contribution in [1.29, 1.82) is 0 Å². The van der Waals surface area contributed by atoms with Gasteiger partial charge in [-0.2, -0.15) is 0 Å². The van der Waals surface area contributed by atoms with Gasteiger partial charge in [0.1, 0.15) is 24.7 Å². The van der Waals surface area contributed by atoms with Gasteiger partial charge in [-0.05, 0) is 60.5 Å². The van der Waals surface area contributed by atoms with Crippen LogP contribution in [0.15, 0.2) is 47.4 Å². The Labute approximate surface area is 194 Å². The fourth-order valence-electron chi connectivity index (χ4n) is 3.51. The second-order valence-corrected chi connectivity index (χ2v) is 8.82. The Bertz CT molecular complexity index is 1080. The first-order valence-electron chi connectivity index (χ1n) is 10.1. The standard InChI is InChI=1S/C23H20ClFN2O4S/c24-18-7-4-8-19(25)17(18)14-31-16-6-3-5-15(11-16)12-20-22(29)27(23(30)32-20)13-21(28)26-9-1-2-10-26/h3-8,11-12H,1-2,9-10,13-14H2/b20-12+. The van der Waals surface area contributed by atoms with Crippen molar-refractivity contribution in [3.05, 3.63) is 69.3 Å². The summed E-state index contributed by atoms with van der Waals surface area (Å²) >= 11 is 6.83. The molecule has 0 N–H and O–H groups in total. The molecule has 166 valence electrons. The van der Waals surface area contributed by atoms with Crippen molar-refractivity contribution in [3.63, 3.8) is 0 Å². The molecule has 2 aliphatic heterocycles. The SMILES string of the molecule is O=C(CN1C(=O)S/C(=C/c2cccc(OCc3c(F)cccc3Cl)c2)C1=O)N1CCCC1. The second-order valence-electron chi connectivity index (χ2n) is 7.42. The lowest BCUT2D eigenvalue weighted by molar-refractivity contribution is -0.135. The molecule has 2 aromatic rings. The average Bonchev–Trinajstić information content (AvgIpc) is 3.39. The van der Waals surface area contributed by atoms with E-state index in [9.17, 15) is 18.8 Å². The first-order valence-corrected chi connectivity index (χ1v) is 11.3. The number of likely N-dealkylation sites (tertiary alicyclic amines) is 1. The Hall–Kier alpha value is -2.84. The third kappa shape index (κ3) is 4.97. The van der Waals surface area contributed by atoms with Crippen LogP contribution < -0.4 is 4.74 Å². The Morgan fingerprint density at radius 3 is 2.66 bits per heavy atom. The number of carbonyl (C=O) groups is 3. The maximum absolute atomic E-state index is 13.9. The van der Waals surface area contributed by atoms with Crippen LogP contribution in [0, 0.1) is 5.82 Å². The molecule has 0 radical (unpaired) electrons. The van der Waals surface area contributed by atoms with Crippen LogP contribution in [0.4, 0.5) is 9.18 Å². The maximum Gasteiger partial charge on any atom is 0.294 e. The first kappa shape index (κ1) is 22.4. The zero-order valence-electron chi connectivity index (χ0n) is 17.1. The predicted octanol–water partition coefficient (Wildman–Crippen LogP) is 4.72. The molecule has 0 bridgehead atoms. The number of imide groups is 1. The minimum Gasteiger partial charge on any atom is -0.489 e. The largest absolute Gasteiger partial charge is 0.489 e. The van der Waals surface area contributed by atoms with Gasteiger partial charge in [0.25, 0.3) is 11.1 Å². The summed E-state index contributed by atoms with van der Waals surface area (Å²) in [4.78, 5) is 40.2. The highest BCUT2D eigenvalue weighted by atomic mass is 35.5. The molecule has 9 heteroatoms. The van der Waals surface area contributed by atoms with Gasteiger partial charge in [0.05, 0.1) is 9.93 Å². The lowest BCUT2D eigenvalue weighted by Gasteiger charge is -2.18. The number of ether oxygens (including phenoxy) is 1. The van der Waals surface area contributed by atoms with Crippen LogP contribution in [0.5, 0.6) is 5.75 Å². The minimum atomic E-state index is -0.489. The fourth-order valence-corrected chi connectivity index (χ4v) is 4.57. The Morgan fingerprint density at radius 2 is 1.91 bits per heavy atom. The molecular weight excluding hydrogens is 455 g/mol. The molecule has 4 rings (SSSR count). The van der Waals surface area contributed by atoms with Crippen LogP contribution >= 0.6 is 23.4 Å². The van der Waals surface area contributed by atoms with Crippen molar-refractivity contribution >= 4 is 46.5 Å². The number of hydrogen-bond donors (Lipinski definition) is 0. The summed E-state index contributed by atoms with van der Waals surface area (Å²) in [6.07, 6.45) is 3.46. The van der Waals surface area contributed by atoms with Gasteiger partial charge in [-0.15, -0.1) is 0 Å². The first-order chi connectivity index (χ1) is 15.4. The summed E-state index contributed by atoms with van der Waals surface area (Å²) in [5, 5.41) is -0.186. The lowest BCUT2D eigenvalue weighted by Crippen LogP contribution is -2.40. The number of nitrogens with zero attached hydrogens (tertiary/aromatic N) is 2. The third-order valence-corrected chi connectivity index (χ3v) is 6.49. The molecule has 0 spiro atoms. The molecule has 0 unspecified atom stereocenters. The highest BCUT2D eigenvalue weighted by Gasteiger charge is 2.37. The molecule has 2 fully saturated rings. The maximum atomic E-state index is 13.9. The molecule has 6 nitrogen and oxygen atoms in total. The van der Waals surface area contributed by atoms with E-state index in [0.717, 1.165) is 29.5 Å². The Kier molecular flexibility index (Phi) is 6.81. The van der Waals surface area contributed by atoms with Crippen molar-refractivity contribution < 1.29 is 23.5 Å². The normalized spacial score (nSPS) is 17.5. The number of halogens is 2. The van der Waals surface area contributed by atoms with Crippen molar-refractivity contribution in [1.82, 2.24) is 9.80 Å². The van der Waals surface area contributed by atoms with Crippen molar-refractivity contribution in [2.24, 2.45) is 0 Å². The number of benzene rings is 2. The quantitative estimate of drug-likeness (QED) is 0.567. The monoisotopic (exact) mass is 474 g/mol. The fraction of sp³-hybridized carbons (Fsp3) is 0.261. The number of carbonyl (C=O) groups excluding carboxylic acids is 3. The summed E-state index contributed by atoms with van der Waals surface area (Å²) in [7, 11) is 0. The van der Waals surface area contributed by atoms with Crippen molar-refractivity contribution in [2.45, 2.75) is 19.4 Å². The van der Waals surface area contributed by atoms with Crippen LogP contribution in [0.2, 0.25) is 5.02 Å². The molecular formula is C23H20ClFN2O4S. The van der Waals surface area contributed by atoms with E-state index in [0.29, 0.717) is 24.4 Å². The van der Waals surface area contributed by atoms with Gasteiger partial charge in [0.2, 0.25) is 5.91 Å². The molecule has 3 amide bonds. The van der Waals surface area contributed by atoms with Gasteiger partial charge in [0.15, 0.2) is 0 Å². The molecule has 0 saturated carbocycles. The van der Waals surface area contributed by atoms with Gasteiger partial charge in [-0.25, -0.2) is 4.39 Å². The van der Waals surface area contributed by atoms with E-state index in [1.54, 1.807) is 41.3 Å². The molecule has 0 atom stereocenters. The highest BCUT2D eigenvalue weighted by molar-refractivity contribution is 8.18. The lowest BCUT2D eigenvalue weighted by atomic mass is 10.2. The predicted molar refractivity (Wildman–Crippen MR) is 121 cm³/mol. The molecule has 0 aliphatic carbocycles. The minimum absolute atomic E-state index is 0.0515. The van der Waals surface area contributed by atoms with Gasteiger partial charge in [-0.3, -0.25) is 19.3 Å². The topological polar surface area (TPSA) is 66.9 Å². The van der Waals surface area contributed by atoms with Crippen LogP contribution in [0.1, 0.15) is 24.0 Å². The highest BCUT2D eigenvalue weighted by Crippen LogP contribution is 2.33. The van der Waals surface area contributed by atoms with Crippen molar-refractivity contribution in [2.75, 3.05) is 19.6 Å². The van der Waals surface area contributed by atoms with E-state index in [1.165, 1.54) is 12.1 Å². The molecule has 2 aliphatic rings. The summed E-state index contributed by atoms with van der Waals surface area (Å²) in [5.41, 5.74) is 0.891. The summed E-state index contributed by atoms with van der Waals surface area (Å²) < 4.78 is 19.6. The Morgan fingerprint density at radius 1 is 1.16 bits per heavy atom. The van der Waals surface area contributed by atoms with E-state index in [-0.39, 0.29) is 34.6 Å². The van der Waals surface area contributed by atoms with Crippen LogP contribution in [-0.2, 0) is 16.2 Å². The number of rotatable bonds is 6. The van der Waals surface area contributed by atoms with Gasteiger partial charge in [-0.1, -0.05) is 29.8 Å². The average molecular weight is 475 g/mol. The summed E-state index contributed by atoms with van der Waals surface area (Å²) in [6.45, 7) is 1.03. The van der Waals surface area contributed by atoms with Gasteiger partial charge >= 0.3 is 0 Å². The van der Waals surface area contributed by atoms with Crippen LogP contribution in [0.3, 0.4) is 0 Å². The molecule has 0 aromatic heterocycles. The van der Waals surface area contributed by atoms with E-state index in [4.69, 9.17) is 16.3 Å². The zero-order chi connectivity index (χ0) is 22.7. The van der Waals surface area contributed by atoms with E-state index >= 15 is 0 Å². The van der Waals surface area contributed by atoms with Gasteiger partial charge < -0.3 is 9.64 Å². The molecule has 2 heterocycles. The zero-order valence-corrected chi connectivity index (χ0v) is 18.6. The third-order valence-electron chi connectivity index (χ3n) is 5.23. The summed E-state index contributed by atoms with van der Waals surface area (Å²) in [5.74, 6) is -0.697. The number of thioether (sulfide) groups is 1. The van der Waals surface area contributed by atoms with Crippen LogP contribution in [-0.4, -0.2) is 46.5 Å². The van der Waals surface area contributed by atoms with E-state index in [2.05, 4.69) is 0 Å². The number of amides is 3. The van der Waals surface area contributed by atoms with Crippen LogP contribution in [0.25, 0.3) is 6.08 Å². The van der Waals surface area contributed by atoms with E-state index in [1.807, 2.05) is 0 Å². The summed E-state index contributed by atoms with van der Waals surface area (Å²) in [6, 6.07) is 11.3. The Balaban J connectivity index is 1.44. The molecule has 2 aromatic carbocycles. The van der Waals surface area contributed by atoms with Crippen molar-refractivity contribution in [3.8, 4) is 5.75 Å². The molecule has 2 saturated heterocycles. The molecule has 32 heavy (non-hydrogen) atoms. The smallest absolute Gasteiger partial charge is 0.294 e. The van der Waals surface area contributed by atoms with Gasteiger partial charge in [0, 0.05) is 18.7 Å². The number of hydrogen-bond acceptors (Lipinski definition) is 5. The second kappa shape index (κ2) is 9.75. The van der Waals surface area contributed by atoms with E-state index < -0.39 is 17.0 Å².